The summed E-state index contributed by atoms with van der Waals surface area (Å²) in [5.41, 5.74) is 1.61. The van der Waals surface area contributed by atoms with Crippen molar-refractivity contribution in [1.82, 2.24) is 0 Å². The number of rotatable bonds is 4. The molecule has 0 radical (unpaired) electrons. The van der Waals surface area contributed by atoms with Gasteiger partial charge in [-0.25, -0.2) is 4.79 Å². The smallest absolute Gasteiger partial charge is 0.335 e. The summed E-state index contributed by atoms with van der Waals surface area (Å²) in [4.78, 5) is 22.8. The highest BCUT2D eigenvalue weighted by atomic mass is 16.6. The molecule has 0 bridgehead atoms. The Kier molecular flexibility index (Phi) is 3.65. The molecule has 2 aromatic carbocycles. The lowest BCUT2D eigenvalue weighted by atomic mass is 10.2. The van der Waals surface area contributed by atoms with Gasteiger partial charge in [-0.05, 0) is 30.3 Å². The van der Waals surface area contributed by atoms with Crippen LogP contribution < -0.4 is 4.90 Å². The van der Waals surface area contributed by atoms with Gasteiger partial charge in [-0.3, -0.25) is 10.1 Å². The van der Waals surface area contributed by atoms with E-state index >= 15 is 0 Å². The third-order valence-electron chi connectivity index (χ3n) is 2.93. The van der Waals surface area contributed by atoms with E-state index in [1.54, 1.807) is 36.2 Å². The Labute approximate surface area is 115 Å². The number of carboxylic acid groups (broad SMARTS) is 1. The molecule has 0 aliphatic heterocycles. The van der Waals surface area contributed by atoms with Crippen LogP contribution in [0.1, 0.15) is 10.4 Å². The highest BCUT2D eigenvalue weighted by Gasteiger charge is 2.10. The minimum Gasteiger partial charge on any atom is -0.478 e. The maximum Gasteiger partial charge on any atom is 0.335 e. The monoisotopic (exact) mass is 272 g/mol. The van der Waals surface area contributed by atoms with Crippen LogP contribution in [0.4, 0.5) is 17.1 Å². The highest BCUT2D eigenvalue weighted by molar-refractivity contribution is 5.88. The number of hydrogen-bond acceptors (Lipinski definition) is 4. The SMILES string of the molecule is CN(c1ccc(C(=O)O)cc1)c1cccc([N+](=O)[O-])c1. The number of nitro benzene ring substituents is 1. The number of anilines is 2. The summed E-state index contributed by atoms with van der Waals surface area (Å²) in [7, 11) is 1.76. The Morgan fingerprint density at radius 2 is 1.80 bits per heavy atom. The topological polar surface area (TPSA) is 83.7 Å². The van der Waals surface area contributed by atoms with Gasteiger partial charge in [-0.1, -0.05) is 6.07 Å². The molecule has 0 fully saturated rings. The van der Waals surface area contributed by atoms with E-state index in [0.717, 1.165) is 5.69 Å². The van der Waals surface area contributed by atoms with Gasteiger partial charge in [0, 0.05) is 30.6 Å². The second kappa shape index (κ2) is 5.40. The van der Waals surface area contributed by atoms with E-state index in [2.05, 4.69) is 0 Å². The van der Waals surface area contributed by atoms with Gasteiger partial charge in [-0.2, -0.15) is 0 Å². The van der Waals surface area contributed by atoms with Crippen molar-refractivity contribution in [1.29, 1.82) is 0 Å². The summed E-state index contributed by atoms with van der Waals surface area (Å²) in [6.45, 7) is 0. The van der Waals surface area contributed by atoms with E-state index in [9.17, 15) is 14.9 Å². The second-order valence-electron chi connectivity index (χ2n) is 4.19. The van der Waals surface area contributed by atoms with Crippen molar-refractivity contribution >= 4 is 23.0 Å². The van der Waals surface area contributed by atoms with Crippen LogP contribution in [0.5, 0.6) is 0 Å². The van der Waals surface area contributed by atoms with Gasteiger partial charge in [-0.15, -0.1) is 0 Å². The van der Waals surface area contributed by atoms with Crippen LogP contribution >= 0.6 is 0 Å². The molecule has 6 heteroatoms. The van der Waals surface area contributed by atoms with Crippen molar-refractivity contribution in [3.63, 3.8) is 0 Å². The molecular formula is C14H12N2O4. The molecule has 0 aliphatic rings. The zero-order chi connectivity index (χ0) is 14.7. The standard InChI is InChI=1S/C14H12N2O4/c1-15(11-7-5-10(6-8-11)14(17)18)12-3-2-4-13(9-12)16(19)20/h2-9H,1H3,(H,17,18). The summed E-state index contributed by atoms with van der Waals surface area (Å²) in [6, 6.07) is 12.5. The van der Waals surface area contributed by atoms with E-state index in [4.69, 9.17) is 5.11 Å². The van der Waals surface area contributed by atoms with E-state index in [1.807, 2.05) is 0 Å². The molecule has 0 atom stereocenters. The Balaban J connectivity index is 2.30. The van der Waals surface area contributed by atoms with Crippen LogP contribution in [0.25, 0.3) is 0 Å². The molecule has 0 heterocycles. The summed E-state index contributed by atoms with van der Waals surface area (Å²) in [5.74, 6) is -0.991. The summed E-state index contributed by atoms with van der Waals surface area (Å²) < 4.78 is 0. The molecule has 2 rings (SSSR count). The highest BCUT2D eigenvalue weighted by Crippen LogP contribution is 2.26. The molecule has 6 nitrogen and oxygen atoms in total. The lowest BCUT2D eigenvalue weighted by Crippen LogP contribution is -2.10. The first kappa shape index (κ1) is 13.5. The Hall–Kier alpha value is -2.89. The van der Waals surface area contributed by atoms with E-state index in [1.165, 1.54) is 24.3 Å². The fraction of sp³-hybridized carbons (Fsp3) is 0.0714. The molecule has 0 saturated carbocycles. The van der Waals surface area contributed by atoms with Crippen LogP contribution in [0, 0.1) is 10.1 Å². The van der Waals surface area contributed by atoms with Gasteiger partial charge >= 0.3 is 5.97 Å². The Bertz CT molecular complexity index is 652. The predicted molar refractivity (Wildman–Crippen MR) is 74.6 cm³/mol. The molecule has 1 N–H and O–H groups in total. The average molecular weight is 272 g/mol. The van der Waals surface area contributed by atoms with Gasteiger partial charge in [0.2, 0.25) is 0 Å². The van der Waals surface area contributed by atoms with Gasteiger partial charge in [0.15, 0.2) is 0 Å². The second-order valence-corrected chi connectivity index (χ2v) is 4.19. The first-order valence-corrected chi connectivity index (χ1v) is 5.80. The van der Waals surface area contributed by atoms with Gasteiger partial charge in [0.05, 0.1) is 10.5 Å². The molecule has 0 amide bonds. The van der Waals surface area contributed by atoms with Crippen molar-refractivity contribution in [3.8, 4) is 0 Å². The Morgan fingerprint density at radius 1 is 1.15 bits per heavy atom. The van der Waals surface area contributed by atoms with Crippen molar-refractivity contribution in [2.24, 2.45) is 0 Å². The number of non-ortho nitro benzene ring substituents is 1. The third kappa shape index (κ3) is 2.74. The molecule has 102 valence electrons. The van der Waals surface area contributed by atoms with Crippen molar-refractivity contribution in [3.05, 3.63) is 64.2 Å². The molecule has 0 spiro atoms. The molecule has 0 unspecified atom stereocenters. The number of aromatic carboxylic acids is 1. The van der Waals surface area contributed by atoms with Crippen molar-refractivity contribution in [2.45, 2.75) is 0 Å². The summed E-state index contributed by atoms with van der Waals surface area (Å²) in [6.07, 6.45) is 0. The maximum atomic E-state index is 10.8. The van der Waals surface area contributed by atoms with Gasteiger partial charge in [0.25, 0.3) is 5.69 Å². The fourth-order valence-electron chi connectivity index (χ4n) is 1.79. The number of nitro groups is 1. The zero-order valence-electron chi connectivity index (χ0n) is 10.7. The van der Waals surface area contributed by atoms with Crippen molar-refractivity contribution < 1.29 is 14.8 Å². The molecular weight excluding hydrogens is 260 g/mol. The normalized spacial score (nSPS) is 10.1. The lowest BCUT2D eigenvalue weighted by Gasteiger charge is -2.19. The van der Waals surface area contributed by atoms with E-state index in [-0.39, 0.29) is 11.3 Å². The number of carboxylic acids is 1. The third-order valence-corrected chi connectivity index (χ3v) is 2.93. The molecule has 2 aromatic rings. The molecule has 0 saturated heterocycles. The summed E-state index contributed by atoms with van der Waals surface area (Å²) in [5, 5.41) is 19.6. The van der Waals surface area contributed by atoms with Gasteiger partial charge < -0.3 is 10.0 Å². The first-order chi connectivity index (χ1) is 9.49. The first-order valence-electron chi connectivity index (χ1n) is 5.80. The van der Waals surface area contributed by atoms with Gasteiger partial charge in [0.1, 0.15) is 0 Å². The fourth-order valence-corrected chi connectivity index (χ4v) is 1.79. The van der Waals surface area contributed by atoms with E-state index < -0.39 is 10.9 Å². The van der Waals surface area contributed by atoms with E-state index in [0.29, 0.717) is 5.69 Å². The van der Waals surface area contributed by atoms with Crippen LogP contribution in [-0.2, 0) is 0 Å². The maximum absolute atomic E-state index is 10.8. The van der Waals surface area contributed by atoms with Crippen LogP contribution in [0.2, 0.25) is 0 Å². The lowest BCUT2D eigenvalue weighted by molar-refractivity contribution is -0.384. The number of hydrogen-bond donors (Lipinski definition) is 1. The van der Waals surface area contributed by atoms with Crippen molar-refractivity contribution in [2.75, 3.05) is 11.9 Å². The van der Waals surface area contributed by atoms with Crippen LogP contribution in [0.15, 0.2) is 48.5 Å². The largest absolute Gasteiger partial charge is 0.478 e. The van der Waals surface area contributed by atoms with Crippen LogP contribution in [0.3, 0.4) is 0 Å². The number of carbonyl (C=O) groups is 1. The Morgan fingerprint density at radius 3 is 2.35 bits per heavy atom. The average Bonchev–Trinajstić information content (AvgIpc) is 2.46. The summed E-state index contributed by atoms with van der Waals surface area (Å²) >= 11 is 0. The molecule has 0 aromatic heterocycles. The predicted octanol–water partition coefficient (Wildman–Crippen LogP) is 3.06. The molecule has 20 heavy (non-hydrogen) atoms. The zero-order valence-corrected chi connectivity index (χ0v) is 10.7. The minimum atomic E-state index is -0.991. The quantitative estimate of drug-likeness (QED) is 0.683. The number of nitrogens with zero attached hydrogens (tertiary/aromatic N) is 2. The van der Waals surface area contributed by atoms with Crippen LogP contribution in [-0.4, -0.2) is 23.0 Å². The molecule has 0 aliphatic carbocycles. The minimum absolute atomic E-state index is 0.0107. The number of benzene rings is 2.